The van der Waals surface area contributed by atoms with Crippen LogP contribution in [-0.2, 0) is 9.59 Å². The molecule has 0 bridgehead atoms. The molecule has 2 aromatic carbocycles. The molecule has 2 heterocycles. The summed E-state index contributed by atoms with van der Waals surface area (Å²) in [6.45, 7) is 1.33. The first kappa shape index (κ1) is 21.5. The smallest absolute Gasteiger partial charge is 0.266 e. The Morgan fingerprint density at radius 1 is 1.00 bits per heavy atom. The van der Waals surface area contributed by atoms with Crippen LogP contribution in [0.3, 0.4) is 0 Å². The van der Waals surface area contributed by atoms with Crippen LogP contribution in [0.5, 0.6) is 17.2 Å². The van der Waals surface area contributed by atoms with Crippen LogP contribution >= 0.6 is 0 Å². The first-order chi connectivity index (χ1) is 15.3. The molecule has 0 aromatic heterocycles. The van der Waals surface area contributed by atoms with E-state index < -0.39 is 29.7 Å². The van der Waals surface area contributed by atoms with Crippen molar-refractivity contribution in [1.29, 1.82) is 0 Å². The molecular weight excluding hydrogens is 414 g/mol. The Bertz CT molecular complexity index is 1080. The number of nitrogens with one attached hydrogen (secondary N) is 1. The number of hydrogen-bond donors (Lipinski definition) is 1. The van der Waals surface area contributed by atoms with Gasteiger partial charge in [0.15, 0.2) is 0 Å². The van der Waals surface area contributed by atoms with E-state index in [4.69, 9.17) is 9.47 Å². The Morgan fingerprint density at radius 3 is 2.41 bits per heavy atom. The fourth-order valence-electron chi connectivity index (χ4n) is 3.65. The quantitative estimate of drug-likeness (QED) is 0.659. The summed E-state index contributed by atoms with van der Waals surface area (Å²) >= 11 is 0. The van der Waals surface area contributed by atoms with Crippen LogP contribution in [0.4, 0.5) is 0 Å². The molecule has 9 nitrogen and oxygen atoms in total. The molecule has 1 N–H and O–H groups in total. The molecular formula is C23H23N3O6. The highest BCUT2D eigenvalue weighted by Crippen LogP contribution is 2.36. The van der Waals surface area contributed by atoms with E-state index in [0.717, 1.165) is 11.4 Å². The lowest BCUT2D eigenvalue weighted by molar-refractivity contribution is -0.136. The summed E-state index contributed by atoms with van der Waals surface area (Å²) in [5, 5.41) is 2.18. The number of fused-ring (bicyclic) bond motifs is 1. The Kier molecular flexibility index (Phi) is 5.91. The zero-order valence-electron chi connectivity index (χ0n) is 17.8. The summed E-state index contributed by atoms with van der Waals surface area (Å²) in [7, 11) is 3.93. The van der Waals surface area contributed by atoms with E-state index in [9.17, 15) is 19.2 Å². The summed E-state index contributed by atoms with van der Waals surface area (Å²) in [6, 6.07) is 10.7. The number of benzene rings is 2. The van der Waals surface area contributed by atoms with Crippen LogP contribution in [0.2, 0.25) is 0 Å². The molecule has 4 amide bonds. The van der Waals surface area contributed by atoms with Gasteiger partial charge in [0, 0.05) is 13.0 Å². The molecule has 0 spiro atoms. The molecule has 1 atom stereocenters. The lowest BCUT2D eigenvalue weighted by atomic mass is 10.0. The molecule has 1 saturated heterocycles. The third kappa shape index (κ3) is 4.19. The monoisotopic (exact) mass is 437 g/mol. The summed E-state index contributed by atoms with van der Waals surface area (Å²) in [5.74, 6) is -0.875. The second-order valence-corrected chi connectivity index (χ2v) is 7.85. The number of piperidine rings is 1. The second kappa shape index (κ2) is 8.80. The largest absolute Gasteiger partial charge is 0.492 e. The molecule has 0 aliphatic carbocycles. The highest BCUT2D eigenvalue weighted by atomic mass is 16.5. The molecule has 166 valence electrons. The summed E-state index contributed by atoms with van der Waals surface area (Å²) in [4.78, 5) is 52.6. The number of ether oxygens (including phenoxy) is 2. The van der Waals surface area contributed by atoms with Gasteiger partial charge in [0.2, 0.25) is 11.8 Å². The predicted octanol–water partition coefficient (Wildman–Crippen LogP) is 1.82. The van der Waals surface area contributed by atoms with Crippen molar-refractivity contribution in [3.63, 3.8) is 0 Å². The molecule has 1 unspecified atom stereocenters. The number of amides is 4. The third-order valence-electron chi connectivity index (χ3n) is 5.29. The number of likely N-dealkylation sites (N-methyl/N-ethyl adjacent to an activating group) is 1. The van der Waals surface area contributed by atoms with Gasteiger partial charge in [-0.15, -0.1) is 0 Å². The van der Waals surface area contributed by atoms with E-state index in [2.05, 4.69) is 5.32 Å². The van der Waals surface area contributed by atoms with Gasteiger partial charge in [-0.2, -0.15) is 0 Å². The SMILES string of the molecule is CN(C)CCOc1ccc(Oc2cccc3c2C(=O)N(C2CCC(=O)NC2=O)C3=O)cc1. The fourth-order valence-corrected chi connectivity index (χ4v) is 3.65. The third-order valence-corrected chi connectivity index (χ3v) is 5.29. The molecule has 2 aliphatic rings. The zero-order chi connectivity index (χ0) is 22.8. The minimum atomic E-state index is -1.02. The molecule has 32 heavy (non-hydrogen) atoms. The van der Waals surface area contributed by atoms with Crippen molar-refractivity contribution in [1.82, 2.24) is 15.1 Å². The van der Waals surface area contributed by atoms with Crippen molar-refractivity contribution in [3.8, 4) is 17.2 Å². The Hall–Kier alpha value is -3.72. The van der Waals surface area contributed by atoms with Crippen LogP contribution in [0.1, 0.15) is 33.6 Å². The van der Waals surface area contributed by atoms with E-state index in [-0.39, 0.29) is 29.7 Å². The molecule has 2 aliphatic heterocycles. The van der Waals surface area contributed by atoms with Crippen LogP contribution in [0.15, 0.2) is 42.5 Å². The maximum Gasteiger partial charge on any atom is 0.266 e. The normalized spacial score (nSPS) is 18.1. The van der Waals surface area contributed by atoms with Crippen LogP contribution in [-0.4, -0.2) is 66.7 Å². The van der Waals surface area contributed by atoms with E-state index in [1.54, 1.807) is 36.4 Å². The first-order valence-corrected chi connectivity index (χ1v) is 10.2. The van der Waals surface area contributed by atoms with Gasteiger partial charge >= 0.3 is 0 Å². The van der Waals surface area contributed by atoms with Gasteiger partial charge in [0.05, 0.1) is 11.1 Å². The van der Waals surface area contributed by atoms with Crippen molar-refractivity contribution in [2.45, 2.75) is 18.9 Å². The van der Waals surface area contributed by atoms with E-state index in [0.29, 0.717) is 18.1 Å². The van der Waals surface area contributed by atoms with Crippen molar-refractivity contribution >= 4 is 23.6 Å². The van der Waals surface area contributed by atoms with Crippen molar-refractivity contribution in [2.24, 2.45) is 0 Å². The standard InChI is InChI=1S/C23H23N3O6/c1-25(2)12-13-31-14-6-8-15(9-7-14)32-18-5-3-4-16-20(18)23(30)26(22(16)29)17-10-11-19(27)24-21(17)28/h3-9,17H,10-13H2,1-2H3,(H,24,27,28). The maximum absolute atomic E-state index is 13.1. The topological polar surface area (TPSA) is 105 Å². The second-order valence-electron chi connectivity index (χ2n) is 7.85. The van der Waals surface area contributed by atoms with Gasteiger partial charge in [-0.3, -0.25) is 29.4 Å². The van der Waals surface area contributed by atoms with Crippen molar-refractivity contribution in [2.75, 3.05) is 27.2 Å². The van der Waals surface area contributed by atoms with E-state index in [1.807, 2.05) is 19.0 Å². The number of carbonyl (C=O) groups excluding carboxylic acids is 4. The molecule has 4 rings (SSSR count). The predicted molar refractivity (Wildman–Crippen MR) is 114 cm³/mol. The number of rotatable bonds is 7. The Morgan fingerprint density at radius 2 is 1.72 bits per heavy atom. The van der Waals surface area contributed by atoms with E-state index >= 15 is 0 Å². The highest BCUT2D eigenvalue weighted by Gasteiger charge is 2.46. The molecule has 2 aromatic rings. The minimum Gasteiger partial charge on any atom is -0.492 e. The van der Waals surface area contributed by atoms with Gasteiger partial charge in [0.25, 0.3) is 11.8 Å². The van der Waals surface area contributed by atoms with Gasteiger partial charge in [-0.05, 0) is 56.9 Å². The van der Waals surface area contributed by atoms with Gasteiger partial charge < -0.3 is 14.4 Å². The highest BCUT2D eigenvalue weighted by molar-refractivity contribution is 6.24. The summed E-state index contributed by atoms with van der Waals surface area (Å²) in [5.41, 5.74) is 0.273. The Labute approximate surface area is 184 Å². The van der Waals surface area contributed by atoms with Crippen LogP contribution in [0, 0.1) is 0 Å². The van der Waals surface area contributed by atoms with Gasteiger partial charge in [-0.25, -0.2) is 0 Å². The number of nitrogens with zero attached hydrogens (tertiary/aromatic N) is 2. The number of hydrogen-bond acceptors (Lipinski definition) is 7. The van der Waals surface area contributed by atoms with Crippen LogP contribution in [0.25, 0.3) is 0 Å². The first-order valence-electron chi connectivity index (χ1n) is 10.2. The number of imide groups is 2. The fraction of sp³-hybridized carbons (Fsp3) is 0.304. The van der Waals surface area contributed by atoms with Gasteiger partial charge in [0.1, 0.15) is 29.9 Å². The molecule has 1 fully saturated rings. The van der Waals surface area contributed by atoms with E-state index in [1.165, 1.54) is 6.07 Å². The van der Waals surface area contributed by atoms with Crippen molar-refractivity contribution < 1.29 is 28.7 Å². The van der Waals surface area contributed by atoms with Gasteiger partial charge in [-0.1, -0.05) is 6.07 Å². The summed E-state index contributed by atoms with van der Waals surface area (Å²) in [6.07, 6.45) is 0.164. The lowest BCUT2D eigenvalue weighted by Crippen LogP contribution is -2.54. The number of carbonyl (C=O) groups is 4. The molecule has 0 radical (unpaired) electrons. The molecule has 0 saturated carbocycles. The summed E-state index contributed by atoms with van der Waals surface area (Å²) < 4.78 is 11.6. The molecule has 9 heteroatoms. The van der Waals surface area contributed by atoms with Crippen LogP contribution < -0.4 is 14.8 Å². The van der Waals surface area contributed by atoms with Crippen molar-refractivity contribution in [3.05, 3.63) is 53.6 Å². The maximum atomic E-state index is 13.1. The zero-order valence-corrected chi connectivity index (χ0v) is 17.8. The Balaban J connectivity index is 1.52. The average molecular weight is 437 g/mol. The average Bonchev–Trinajstić information content (AvgIpc) is 3.00. The lowest BCUT2D eigenvalue weighted by Gasteiger charge is -2.27. The minimum absolute atomic E-state index is 0.0656.